The largest absolute Gasteiger partial charge is 0.478 e. The topological polar surface area (TPSA) is 113 Å². The number of carbonyl (C=O) groups is 2. The molecule has 7 nitrogen and oxygen atoms in total. The van der Waals surface area contributed by atoms with Crippen molar-refractivity contribution in [1.82, 2.24) is 4.98 Å². The summed E-state index contributed by atoms with van der Waals surface area (Å²) in [4.78, 5) is 26.2. The third-order valence-corrected chi connectivity index (χ3v) is 3.79. The van der Waals surface area contributed by atoms with Crippen LogP contribution in [0.15, 0.2) is 18.3 Å². The molecule has 1 amide bonds. The van der Waals surface area contributed by atoms with Gasteiger partial charge in [0.25, 0.3) is 0 Å². The zero-order valence-corrected chi connectivity index (χ0v) is 10.6. The van der Waals surface area contributed by atoms with Gasteiger partial charge in [0.05, 0.1) is 0 Å². The van der Waals surface area contributed by atoms with Crippen LogP contribution in [0.5, 0.6) is 0 Å². The van der Waals surface area contributed by atoms with Crippen LogP contribution in [0.25, 0.3) is 0 Å². The van der Waals surface area contributed by atoms with Crippen molar-refractivity contribution in [3.8, 4) is 0 Å². The summed E-state index contributed by atoms with van der Waals surface area (Å²) < 4.78 is 22.4. The number of aromatic nitrogens is 1. The lowest BCUT2D eigenvalue weighted by Crippen LogP contribution is -2.32. The number of carbonyl (C=O) groups excluding carboxylic acids is 1. The molecule has 0 bridgehead atoms. The molecule has 1 rings (SSSR count). The third kappa shape index (κ3) is 3.27. The van der Waals surface area contributed by atoms with E-state index in [0.29, 0.717) is 0 Å². The number of hydrogen-bond acceptors (Lipinski definition) is 5. The Bertz CT molecular complexity index is 582. The van der Waals surface area contributed by atoms with Crippen LogP contribution < -0.4 is 5.32 Å². The minimum absolute atomic E-state index is 0.175. The van der Waals surface area contributed by atoms with Crippen molar-refractivity contribution in [3.63, 3.8) is 0 Å². The predicted molar refractivity (Wildman–Crippen MR) is 64.1 cm³/mol. The van der Waals surface area contributed by atoms with Crippen molar-refractivity contribution >= 4 is 27.5 Å². The van der Waals surface area contributed by atoms with Gasteiger partial charge in [0.2, 0.25) is 5.91 Å². The number of anilines is 1. The summed E-state index contributed by atoms with van der Waals surface area (Å²) in [6.45, 7) is 1.22. The maximum atomic E-state index is 11.6. The van der Waals surface area contributed by atoms with Gasteiger partial charge >= 0.3 is 5.97 Å². The van der Waals surface area contributed by atoms with Crippen molar-refractivity contribution in [1.29, 1.82) is 0 Å². The third-order valence-electron chi connectivity index (χ3n) is 2.29. The monoisotopic (exact) mass is 272 g/mol. The number of carboxylic acids is 1. The summed E-state index contributed by atoms with van der Waals surface area (Å²) in [6.07, 6.45) is 2.22. The van der Waals surface area contributed by atoms with Crippen LogP contribution in [0.2, 0.25) is 0 Å². The number of hydrogen-bond donors (Lipinski definition) is 2. The Hall–Kier alpha value is -1.96. The molecule has 1 atom stereocenters. The highest BCUT2D eigenvalue weighted by atomic mass is 32.2. The summed E-state index contributed by atoms with van der Waals surface area (Å²) in [5.74, 6) is -2.25. The molecule has 1 aromatic heterocycles. The van der Waals surface area contributed by atoms with E-state index in [1.807, 2.05) is 0 Å². The number of amides is 1. The van der Waals surface area contributed by atoms with E-state index in [9.17, 15) is 18.0 Å². The molecule has 0 radical (unpaired) electrons. The lowest BCUT2D eigenvalue weighted by molar-refractivity contribution is -0.115. The lowest BCUT2D eigenvalue weighted by Gasteiger charge is -2.11. The molecule has 18 heavy (non-hydrogen) atoms. The lowest BCUT2D eigenvalue weighted by atomic mass is 10.2. The number of nitrogens with zero attached hydrogens (tertiary/aromatic N) is 1. The molecule has 0 aromatic carbocycles. The minimum atomic E-state index is -3.54. The first-order chi connectivity index (χ1) is 8.23. The molecular formula is C10H12N2O5S. The second kappa shape index (κ2) is 5.13. The first kappa shape index (κ1) is 14.1. The molecule has 1 unspecified atom stereocenters. The number of carboxylic acid groups (broad SMARTS) is 1. The van der Waals surface area contributed by atoms with Crippen LogP contribution in [0.3, 0.4) is 0 Å². The van der Waals surface area contributed by atoms with Gasteiger partial charge < -0.3 is 10.4 Å². The van der Waals surface area contributed by atoms with Gasteiger partial charge in [0, 0.05) is 12.5 Å². The number of aromatic carboxylic acids is 1. The molecule has 0 aliphatic heterocycles. The van der Waals surface area contributed by atoms with E-state index in [1.54, 1.807) is 0 Å². The van der Waals surface area contributed by atoms with Crippen molar-refractivity contribution in [2.24, 2.45) is 0 Å². The average molecular weight is 272 g/mol. The number of pyridine rings is 1. The van der Waals surface area contributed by atoms with Crippen LogP contribution in [-0.4, -0.2) is 41.9 Å². The smallest absolute Gasteiger partial charge is 0.339 e. The van der Waals surface area contributed by atoms with Crippen LogP contribution in [-0.2, 0) is 14.6 Å². The van der Waals surface area contributed by atoms with E-state index in [-0.39, 0.29) is 11.4 Å². The van der Waals surface area contributed by atoms with E-state index in [0.717, 1.165) is 6.26 Å². The van der Waals surface area contributed by atoms with E-state index in [4.69, 9.17) is 5.11 Å². The molecule has 0 saturated carbocycles. The minimum Gasteiger partial charge on any atom is -0.478 e. The second-order valence-corrected chi connectivity index (χ2v) is 6.03. The van der Waals surface area contributed by atoms with Gasteiger partial charge in [-0.25, -0.2) is 18.2 Å². The van der Waals surface area contributed by atoms with Gasteiger partial charge in [0.15, 0.2) is 9.84 Å². The maximum absolute atomic E-state index is 11.6. The van der Waals surface area contributed by atoms with Gasteiger partial charge in [-0.1, -0.05) is 0 Å². The fourth-order valence-corrected chi connectivity index (χ4v) is 1.54. The second-order valence-electron chi connectivity index (χ2n) is 3.67. The molecule has 98 valence electrons. The Morgan fingerprint density at radius 2 is 2.06 bits per heavy atom. The summed E-state index contributed by atoms with van der Waals surface area (Å²) in [7, 11) is -3.54. The van der Waals surface area contributed by atoms with Crippen LogP contribution in [0, 0.1) is 0 Å². The van der Waals surface area contributed by atoms with Gasteiger partial charge in [-0.15, -0.1) is 0 Å². The molecule has 2 N–H and O–H groups in total. The first-order valence-electron chi connectivity index (χ1n) is 4.91. The quantitative estimate of drug-likeness (QED) is 0.806. The van der Waals surface area contributed by atoms with Crippen molar-refractivity contribution < 1.29 is 23.1 Å². The van der Waals surface area contributed by atoms with E-state index < -0.39 is 27.0 Å². The summed E-state index contributed by atoms with van der Waals surface area (Å²) in [5, 5.41) is 9.78. The maximum Gasteiger partial charge on any atom is 0.339 e. The molecule has 0 aliphatic rings. The molecule has 0 fully saturated rings. The molecule has 1 aromatic rings. The van der Waals surface area contributed by atoms with Crippen LogP contribution in [0.1, 0.15) is 17.3 Å². The van der Waals surface area contributed by atoms with E-state index in [2.05, 4.69) is 10.3 Å². The summed E-state index contributed by atoms with van der Waals surface area (Å²) in [6, 6.07) is 2.66. The molecule has 0 saturated heterocycles. The Kier molecular flexibility index (Phi) is 4.02. The summed E-state index contributed by atoms with van der Waals surface area (Å²) >= 11 is 0. The highest BCUT2D eigenvalue weighted by molar-refractivity contribution is 7.92. The molecular weight excluding hydrogens is 260 g/mol. The van der Waals surface area contributed by atoms with Crippen LogP contribution in [0.4, 0.5) is 5.82 Å². The standard InChI is InChI=1S/C10H12N2O5S/c1-6(18(2,16)17)9(13)12-8-7(10(14)15)4-3-5-11-8/h3-6H,1-2H3,(H,14,15)(H,11,12,13). The van der Waals surface area contributed by atoms with Crippen LogP contribution >= 0.6 is 0 Å². The average Bonchev–Trinajstić information content (AvgIpc) is 2.27. The Morgan fingerprint density at radius 1 is 1.44 bits per heavy atom. The van der Waals surface area contributed by atoms with E-state index in [1.165, 1.54) is 25.3 Å². The number of rotatable bonds is 4. The first-order valence-corrected chi connectivity index (χ1v) is 6.87. The zero-order valence-electron chi connectivity index (χ0n) is 9.75. The van der Waals surface area contributed by atoms with Gasteiger partial charge in [-0.3, -0.25) is 4.79 Å². The van der Waals surface area contributed by atoms with Gasteiger partial charge in [-0.2, -0.15) is 0 Å². The Labute approximate surface area is 104 Å². The predicted octanol–water partition coefficient (Wildman–Crippen LogP) is 0.151. The number of nitrogens with one attached hydrogen (secondary N) is 1. The normalized spacial score (nSPS) is 12.8. The molecule has 0 spiro atoms. The SMILES string of the molecule is CC(C(=O)Nc1ncccc1C(=O)O)S(C)(=O)=O. The van der Waals surface area contributed by atoms with Crippen molar-refractivity contribution in [3.05, 3.63) is 23.9 Å². The fourth-order valence-electron chi connectivity index (χ4n) is 1.09. The van der Waals surface area contributed by atoms with Crippen molar-refractivity contribution in [2.45, 2.75) is 12.2 Å². The highest BCUT2D eigenvalue weighted by Gasteiger charge is 2.25. The Balaban J connectivity index is 2.99. The summed E-state index contributed by atoms with van der Waals surface area (Å²) in [5.41, 5.74) is -0.202. The zero-order chi connectivity index (χ0) is 13.9. The van der Waals surface area contributed by atoms with E-state index >= 15 is 0 Å². The number of sulfone groups is 1. The highest BCUT2D eigenvalue weighted by Crippen LogP contribution is 2.12. The molecule has 8 heteroatoms. The van der Waals surface area contributed by atoms with Gasteiger partial charge in [-0.05, 0) is 19.1 Å². The fraction of sp³-hybridized carbons (Fsp3) is 0.300. The Morgan fingerprint density at radius 3 is 2.56 bits per heavy atom. The van der Waals surface area contributed by atoms with Crippen molar-refractivity contribution in [2.75, 3.05) is 11.6 Å². The van der Waals surface area contributed by atoms with Gasteiger partial charge in [0.1, 0.15) is 16.6 Å². The molecule has 1 heterocycles. The molecule has 0 aliphatic carbocycles.